The van der Waals surface area contributed by atoms with Crippen molar-refractivity contribution in [3.05, 3.63) is 82.8 Å². The lowest BCUT2D eigenvalue weighted by Gasteiger charge is -2.20. The Morgan fingerprint density at radius 1 is 1.17 bits per heavy atom. The van der Waals surface area contributed by atoms with Crippen LogP contribution in [0.4, 0.5) is 4.79 Å². The Labute approximate surface area is 218 Å². The molecule has 0 atom stereocenters. The number of hydrogen-bond acceptors (Lipinski definition) is 6. The molecule has 36 heavy (non-hydrogen) atoms. The van der Waals surface area contributed by atoms with E-state index in [-0.39, 0.29) is 19.3 Å². The third kappa shape index (κ3) is 6.15. The van der Waals surface area contributed by atoms with Crippen molar-refractivity contribution in [3.63, 3.8) is 0 Å². The number of aryl methyl sites for hydroxylation is 1. The minimum absolute atomic E-state index is 0.0528. The Kier molecular flexibility index (Phi) is 9.31. The van der Waals surface area contributed by atoms with Gasteiger partial charge in [-0.15, -0.1) is 0 Å². The Bertz CT molecular complexity index is 1270. The Morgan fingerprint density at radius 2 is 1.92 bits per heavy atom. The molecule has 0 bridgehead atoms. The Balaban J connectivity index is 1.92. The molecule has 0 aliphatic rings. The third-order valence-electron chi connectivity index (χ3n) is 5.80. The molecule has 3 rings (SSSR count). The minimum atomic E-state index is -0.377. The van der Waals surface area contributed by atoms with Crippen LogP contribution in [0.25, 0.3) is 16.6 Å². The molecule has 2 heterocycles. The van der Waals surface area contributed by atoms with Crippen LogP contribution in [0.5, 0.6) is 5.75 Å². The summed E-state index contributed by atoms with van der Waals surface area (Å²) in [5.41, 5.74) is 5.09. The summed E-state index contributed by atoms with van der Waals surface area (Å²) in [7, 11) is 3.99. The Hall–Kier alpha value is -3.58. The molecule has 0 fully saturated rings. The molecule has 0 aliphatic heterocycles. The molecule has 2 aromatic heterocycles. The van der Waals surface area contributed by atoms with Gasteiger partial charge in [0.2, 0.25) is 0 Å². The van der Waals surface area contributed by atoms with Gasteiger partial charge in [-0.2, -0.15) is 0 Å². The number of hydrogen-bond donors (Lipinski definition) is 0. The molecule has 0 saturated carbocycles. The van der Waals surface area contributed by atoms with Crippen LogP contribution in [0.15, 0.2) is 55.4 Å². The highest BCUT2D eigenvalue weighted by Gasteiger charge is 2.17. The molecule has 3 aromatic rings. The second-order valence-corrected chi connectivity index (χ2v) is 8.83. The highest BCUT2D eigenvalue weighted by molar-refractivity contribution is 6.31. The van der Waals surface area contributed by atoms with Gasteiger partial charge in [0.25, 0.3) is 0 Å². The zero-order chi connectivity index (χ0) is 26.2. The maximum absolute atomic E-state index is 12.3. The summed E-state index contributed by atoms with van der Waals surface area (Å²) in [5, 5.41) is 1.41. The number of halogens is 1. The number of carbonyl (C=O) groups is 1. The summed E-state index contributed by atoms with van der Waals surface area (Å²) in [6, 6.07) is 7.92. The topological polar surface area (TPSA) is 67.8 Å². The lowest BCUT2D eigenvalue weighted by atomic mass is 10.0. The predicted molar refractivity (Wildman–Crippen MR) is 145 cm³/mol. The van der Waals surface area contributed by atoms with Crippen molar-refractivity contribution in [1.82, 2.24) is 19.8 Å². The number of rotatable bonds is 10. The number of para-hydroxylation sites is 1. The number of carbonyl (C=O) groups excluding carboxylic acids is 1. The third-order valence-corrected chi connectivity index (χ3v) is 6.13. The number of fused-ring (bicyclic) bond motifs is 1. The summed E-state index contributed by atoms with van der Waals surface area (Å²) in [4.78, 5) is 24.9. The predicted octanol–water partition coefficient (Wildman–Crippen LogP) is 6.24. The smallest absolute Gasteiger partial charge is 0.410 e. The number of aromatic nitrogens is 2. The molecule has 0 unspecified atom stereocenters. The number of allylic oxidation sites excluding steroid dienone is 2. The SMILES string of the molecule is C=C/C=C(/c1cc(C)nc2c(OCc3c(Cl)cncc3COC(=O)N(CC)CC)cccc12)N(C)C. The Morgan fingerprint density at radius 3 is 2.58 bits per heavy atom. The van der Waals surface area contributed by atoms with Crippen molar-refractivity contribution >= 4 is 34.3 Å². The number of benzene rings is 1. The van der Waals surface area contributed by atoms with Gasteiger partial charge in [0.15, 0.2) is 0 Å². The average Bonchev–Trinajstić information content (AvgIpc) is 2.85. The molecular weight excluding hydrogens is 476 g/mol. The first-order valence-corrected chi connectivity index (χ1v) is 12.2. The quantitative estimate of drug-likeness (QED) is 0.302. The summed E-state index contributed by atoms with van der Waals surface area (Å²) in [5.74, 6) is 0.633. The first-order valence-electron chi connectivity index (χ1n) is 11.9. The van der Waals surface area contributed by atoms with Crippen molar-refractivity contribution in [3.8, 4) is 5.75 Å². The maximum Gasteiger partial charge on any atom is 0.410 e. The van der Waals surface area contributed by atoms with E-state index in [0.29, 0.717) is 35.0 Å². The lowest BCUT2D eigenvalue weighted by molar-refractivity contribution is 0.0992. The van der Waals surface area contributed by atoms with Crippen molar-refractivity contribution in [2.75, 3.05) is 27.2 Å². The zero-order valence-electron chi connectivity index (χ0n) is 21.5. The second kappa shape index (κ2) is 12.4. The maximum atomic E-state index is 12.3. The van der Waals surface area contributed by atoms with Crippen LogP contribution >= 0.6 is 11.6 Å². The average molecular weight is 509 g/mol. The number of pyridine rings is 2. The van der Waals surface area contributed by atoms with Gasteiger partial charge in [-0.3, -0.25) is 4.98 Å². The molecule has 190 valence electrons. The van der Waals surface area contributed by atoms with E-state index in [1.807, 2.05) is 64.0 Å². The monoisotopic (exact) mass is 508 g/mol. The van der Waals surface area contributed by atoms with E-state index in [4.69, 9.17) is 26.1 Å². The van der Waals surface area contributed by atoms with Crippen LogP contribution in [0.1, 0.15) is 36.2 Å². The summed E-state index contributed by atoms with van der Waals surface area (Å²) < 4.78 is 11.7. The minimum Gasteiger partial charge on any atom is -0.487 e. The van der Waals surface area contributed by atoms with Gasteiger partial charge in [0.05, 0.1) is 5.02 Å². The van der Waals surface area contributed by atoms with Crippen LogP contribution in [-0.2, 0) is 18.0 Å². The first-order chi connectivity index (χ1) is 17.3. The standard InChI is InChI=1S/C28H33ClN4O3/c1-7-11-25(32(5)6)22-14-19(4)31-27-21(22)12-10-13-26(27)35-18-23-20(15-30-16-24(23)29)17-36-28(34)33(8-2)9-3/h7,10-16H,1,8-9,17-18H2,2-6H3/b25-11-. The number of ether oxygens (including phenoxy) is 2. The van der Waals surface area contributed by atoms with Crippen LogP contribution in [0, 0.1) is 6.92 Å². The van der Waals surface area contributed by atoms with Gasteiger partial charge in [-0.1, -0.05) is 36.4 Å². The largest absolute Gasteiger partial charge is 0.487 e. The van der Waals surface area contributed by atoms with E-state index in [2.05, 4.69) is 17.6 Å². The molecule has 0 aliphatic carbocycles. The lowest BCUT2D eigenvalue weighted by Crippen LogP contribution is -2.31. The van der Waals surface area contributed by atoms with Crippen molar-refractivity contribution < 1.29 is 14.3 Å². The van der Waals surface area contributed by atoms with E-state index in [1.165, 1.54) is 0 Å². The van der Waals surface area contributed by atoms with Crippen LogP contribution < -0.4 is 4.74 Å². The summed E-state index contributed by atoms with van der Waals surface area (Å²) in [6.07, 6.45) is 6.58. The fraction of sp³-hybridized carbons (Fsp3) is 0.321. The molecule has 1 aromatic carbocycles. The summed E-state index contributed by atoms with van der Waals surface area (Å²) in [6.45, 7) is 11.0. The van der Waals surface area contributed by atoms with Gasteiger partial charge in [0.1, 0.15) is 24.5 Å². The van der Waals surface area contributed by atoms with Gasteiger partial charge in [0, 0.05) is 73.0 Å². The molecule has 7 nitrogen and oxygen atoms in total. The molecule has 8 heteroatoms. The molecular formula is C28H33ClN4O3. The van der Waals surface area contributed by atoms with Crippen molar-refractivity contribution in [1.29, 1.82) is 0 Å². The fourth-order valence-corrected chi connectivity index (χ4v) is 4.15. The van der Waals surface area contributed by atoms with Gasteiger partial charge >= 0.3 is 6.09 Å². The number of amides is 1. The van der Waals surface area contributed by atoms with E-state index in [0.717, 1.165) is 27.9 Å². The normalized spacial score (nSPS) is 11.3. The number of nitrogens with zero attached hydrogens (tertiary/aromatic N) is 4. The zero-order valence-corrected chi connectivity index (χ0v) is 22.3. The highest BCUT2D eigenvalue weighted by atomic mass is 35.5. The molecule has 0 radical (unpaired) electrons. The van der Waals surface area contributed by atoms with Crippen LogP contribution in [0.3, 0.4) is 0 Å². The van der Waals surface area contributed by atoms with E-state index >= 15 is 0 Å². The van der Waals surface area contributed by atoms with E-state index in [9.17, 15) is 4.79 Å². The molecule has 1 amide bonds. The van der Waals surface area contributed by atoms with E-state index in [1.54, 1.807) is 23.4 Å². The molecule has 0 N–H and O–H groups in total. The second-order valence-electron chi connectivity index (χ2n) is 8.42. The van der Waals surface area contributed by atoms with E-state index < -0.39 is 0 Å². The fourth-order valence-electron chi connectivity index (χ4n) is 3.92. The van der Waals surface area contributed by atoms with Gasteiger partial charge in [-0.25, -0.2) is 9.78 Å². The molecule has 0 spiro atoms. The molecule has 0 saturated heterocycles. The van der Waals surface area contributed by atoms with Crippen molar-refractivity contribution in [2.24, 2.45) is 0 Å². The summed E-state index contributed by atoms with van der Waals surface area (Å²) >= 11 is 6.48. The van der Waals surface area contributed by atoms with Crippen molar-refractivity contribution in [2.45, 2.75) is 34.0 Å². The highest BCUT2D eigenvalue weighted by Crippen LogP contribution is 2.32. The first kappa shape index (κ1) is 27.0. The van der Waals surface area contributed by atoms with Gasteiger partial charge in [-0.05, 0) is 39.0 Å². The van der Waals surface area contributed by atoms with Crippen LogP contribution in [-0.4, -0.2) is 53.0 Å². The van der Waals surface area contributed by atoms with Gasteiger partial charge < -0.3 is 19.3 Å². The van der Waals surface area contributed by atoms with Crippen LogP contribution in [0.2, 0.25) is 5.02 Å².